The summed E-state index contributed by atoms with van der Waals surface area (Å²) in [5, 5.41) is 13.5. The number of hydrogen-bond acceptors (Lipinski definition) is 4. The van der Waals surface area contributed by atoms with E-state index in [0.717, 1.165) is 24.3 Å². The predicted molar refractivity (Wildman–Crippen MR) is 76.8 cm³/mol. The first-order chi connectivity index (χ1) is 9.12. The van der Waals surface area contributed by atoms with Gasteiger partial charge in [-0.25, -0.2) is 0 Å². The molecule has 19 heavy (non-hydrogen) atoms. The second kappa shape index (κ2) is 8.02. The number of rotatable bonds is 8. The van der Waals surface area contributed by atoms with E-state index < -0.39 is 6.10 Å². The van der Waals surface area contributed by atoms with Crippen LogP contribution in [-0.4, -0.2) is 32.4 Å². The van der Waals surface area contributed by atoms with Crippen LogP contribution in [0.5, 0.6) is 11.5 Å². The van der Waals surface area contributed by atoms with E-state index in [1.54, 1.807) is 14.2 Å². The Balaban J connectivity index is 2.66. The van der Waals surface area contributed by atoms with Crippen LogP contribution in [0.2, 0.25) is 0 Å². The van der Waals surface area contributed by atoms with Crippen LogP contribution in [0, 0.1) is 5.92 Å². The van der Waals surface area contributed by atoms with Crippen molar-refractivity contribution in [2.24, 2.45) is 5.92 Å². The first kappa shape index (κ1) is 15.8. The topological polar surface area (TPSA) is 50.7 Å². The molecule has 2 unspecified atom stereocenters. The summed E-state index contributed by atoms with van der Waals surface area (Å²) in [6.45, 7) is 5.76. The van der Waals surface area contributed by atoms with E-state index in [-0.39, 0.29) is 0 Å². The fraction of sp³-hybridized carbons (Fsp3) is 0.600. The van der Waals surface area contributed by atoms with Crippen LogP contribution >= 0.6 is 0 Å². The molecule has 0 amide bonds. The average molecular weight is 267 g/mol. The summed E-state index contributed by atoms with van der Waals surface area (Å²) in [6, 6.07) is 5.45. The fourth-order valence-electron chi connectivity index (χ4n) is 1.82. The zero-order chi connectivity index (χ0) is 14.3. The molecule has 2 atom stereocenters. The maximum atomic E-state index is 10.2. The standard InChI is InChI=1S/C15H25NO3/c1-5-11(2)9-16-10-14(17)13-8-12(18-3)6-7-15(13)19-4/h6-8,11,14,16-17H,5,9-10H2,1-4H3. The summed E-state index contributed by atoms with van der Waals surface area (Å²) >= 11 is 0. The Bertz CT molecular complexity index is 382. The Morgan fingerprint density at radius 2 is 1.95 bits per heavy atom. The van der Waals surface area contributed by atoms with Gasteiger partial charge in [0.05, 0.1) is 20.3 Å². The van der Waals surface area contributed by atoms with Crippen LogP contribution in [0.25, 0.3) is 0 Å². The molecule has 1 aromatic rings. The molecule has 4 nitrogen and oxygen atoms in total. The molecule has 1 rings (SSSR count). The van der Waals surface area contributed by atoms with Gasteiger partial charge in [-0.05, 0) is 30.7 Å². The van der Waals surface area contributed by atoms with Crippen molar-refractivity contribution >= 4 is 0 Å². The van der Waals surface area contributed by atoms with Crippen molar-refractivity contribution in [1.29, 1.82) is 0 Å². The molecular formula is C15H25NO3. The summed E-state index contributed by atoms with van der Waals surface area (Å²) < 4.78 is 10.4. The maximum Gasteiger partial charge on any atom is 0.124 e. The Labute approximate surface area is 115 Å². The van der Waals surface area contributed by atoms with Gasteiger partial charge in [0.2, 0.25) is 0 Å². The van der Waals surface area contributed by atoms with Crippen LogP contribution < -0.4 is 14.8 Å². The SMILES string of the molecule is CCC(C)CNCC(O)c1cc(OC)ccc1OC. The quantitative estimate of drug-likeness (QED) is 0.759. The lowest BCUT2D eigenvalue weighted by Crippen LogP contribution is -2.26. The molecule has 4 heteroatoms. The Morgan fingerprint density at radius 1 is 1.21 bits per heavy atom. The molecule has 0 aliphatic carbocycles. The highest BCUT2D eigenvalue weighted by atomic mass is 16.5. The summed E-state index contributed by atoms with van der Waals surface area (Å²) in [4.78, 5) is 0. The third-order valence-electron chi connectivity index (χ3n) is 3.32. The molecule has 0 aromatic heterocycles. The van der Waals surface area contributed by atoms with Gasteiger partial charge < -0.3 is 19.9 Å². The van der Waals surface area contributed by atoms with E-state index in [2.05, 4.69) is 19.2 Å². The van der Waals surface area contributed by atoms with Gasteiger partial charge in [-0.1, -0.05) is 20.3 Å². The lowest BCUT2D eigenvalue weighted by Gasteiger charge is -2.17. The minimum absolute atomic E-state index is 0.508. The molecule has 108 valence electrons. The molecule has 0 saturated carbocycles. The van der Waals surface area contributed by atoms with Crippen LogP contribution in [0.3, 0.4) is 0 Å². The lowest BCUT2D eigenvalue weighted by molar-refractivity contribution is 0.168. The third kappa shape index (κ3) is 4.73. The minimum Gasteiger partial charge on any atom is -0.497 e. The van der Waals surface area contributed by atoms with E-state index in [0.29, 0.717) is 18.2 Å². The zero-order valence-electron chi connectivity index (χ0n) is 12.3. The van der Waals surface area contributed by atoms with Gasteiger partial charge in [0.1, 0.15) is 11.5 Å². The highest BCUT2D eigenvalue weighted by Gasteiger charge is 2.14. The molecular weight excluding hydrogens is 242 g/mol. The van der Waals surface area contributed by atoms with E-state index >= 15 is 0 Å². The van der Waals surface area contributed by atoms with Crippen LogP contribution in [-0.2, 0) is 0 Å². The number of hydrogen-bond donors (Lipinski definition) is 2. The number of ether oxygens (including phenoxy) is 2. The Hall–Kier alpha value is -1.26. The third-order valence-corrected chi connectivity index (χ3v) is 3.32. The summed E-state index contributed by atoms with van der Waals surface area (Å²) in [5.41, 5.74) is 0.749. The number of benzene rings is 1. The van der Waals surface area contributed by atoms with E-state index in [4.69, 9.17) is 9.47 Å². The van der Waals surface area contributed by atoms with E-state index in [1.807, 2.05) is 18.2 Å². The highest BCUT2D eigenvalue weighted by Crippen LogP contribution is 2.29. The zero-order valence-corrected chi connectivity index (χ0v) is 12.3. The maximum absolute atomic E-state index is 10.2. The number of aliphatic hydroxyl groups is 1. The molecule has 2 N–H and O–H groups in total. The van der Waals surface area contributed by atoms with Crippen molar-refractivity contribution in [2.75, 3.05) is 27.3 Å². The van der Waals surface area contributed by atoms with Gasteiger partial charge in [-0.3, -0.25) is 0 Å². The minimum atomic E-state index is -0.603. The molecule has 0 bridgehead atoms. The Morgan fingerprint density at radius 3 is 2.53 bits per heavy atom. The normalized spacial score (nSPS) is 13.9. The smallest absolute Gasteiger partial charge is 0.124 e. The van der Waals surface area contributed by atoms with Crippen LogP contribution in [0.1, 0.15) is 31.9 Å². The van der Waals surface area contributed by atoms with Crippen molar-refractivity contribution < 1.29 is 14.6 Å². The molecule has 0 fully saturated rings. The summed E-state index contributed by atoms with van der Waals surface area (Å²) in [5.74, 6) is 2.01. The molecule has 0 heterocycles. The molecule has 0 radical (unpaired) electrons. The van der Waals surface area contributed by atoms with Crippen molar-refractivity contribution in [2.45, 2.75) is 26.4 Å². The lowest BCUT2D eigenvalue weighted by atomic mass is 10.1. The molecule has 0 saturated heterocycles. The number of nitrogens with one attached hydrogen (secondary N) is 1. The van der Waals surface area contributed by atoms with Gasteiger partial charge in [0.25, 0.3) is 0 Å². The van der Waals surface area contributed by atoms with E-state index in [9.17, 15) is 5.11 Å². The molecule has 0 aliphatic rings. The summed E-state index contributed by atoms with van der Waals surface area (Å²) in [7, 11) is 3.21. The van der Waals surface area contributed by atoms with Crippen LogP contribution in [0.4, 0.5) is 0 Å². The fourth-order valence-corrected chi connectivity index (χ4v) is 1.82. The largest absolute Gasteiger partial charge is 0.497 e. The van der Waals surface area contributed by atoms with Gasteiger partial charge >= 0.3 is 0 Å². The predicted octanol–water partition coefficient (Wildman–Crippen LogP) is 2.37. The van der Waals surface area contributed by atoms with Gasteiger partial charge in [0.15, 0.2) is 0 Å². The van der Waals surface area contributed by atoms with Crippen molar-refractivity contribution in [3.63, 3.8) is 0 Å². The number of methoxy groups -OCH3 is 2. The average Bonchev–Trinajstić information content (AvgIpc) is 2.45. The number of aliphatic hydroxyl groups excluding tert-OH is 1. The first-order valence-corrected chi connectivity index (χ1v) is 6.73. The van der Waals surface area contributed by atoms with Crippen molar-refractivity contribution in [3.8, 4) is 11.5 Å². The van der Waals surface area contributed by atoms with Gasteiger partial charge in [-0.15, -0.1) is 0 Å². The molecule has 0 aliphatic heterocycles. The second-order valence-corrected chi connectivity index (χ2v) is 4.80. The Kier molecular flexibility index (Phi) is 6.67. The molecule has 1 aromatic carbocycles. The van der Waals surface area contributed by atoms with Crippen molar-refractivity contribution in [1.82, 2.24) is 5.32 Å². The van der Waals surface area contributed by atoms with E-state index in [1.165, 1.54) is 0 Å². The van der Waals surface area contributed by atoms with Gasteiger partial charge in [-0.2, -0.15) is 0 Å². The highest BCUT2D eigenvalue weighted by molar-refractivity contribution is 5.41. The summed E-state index contributed by atoms with van der Waals surface area (Å²) in [6.07, 6.45) is 0.528. The first-order valence-electron chi connectivity index (χ1n) is 6.73. The van der Waals surface area contributed by atoms with Crippen LogP contribution in [0.15, 0.2) is 18.2 Å². The monoisotopic (exact) mass is 267 g/mol. The molecule has 0 spiro atoms. The second-order valence-electron chi connectivity index (χ2n) is 4.80. The van der Waals surface area contributed by atoms with Crippen molar-refractivity contribution in [3.05, 3.63) is 23.8 Å². The van der Waals surface area contributed by atoms with Gasteiger partial charge in [0, 0.05) is 12.1 Å².